The van der Waals surface area contributed by atoms with Crippen LogP contribution in [0.4, 0.5) is 5.69 Å². The van der Waals surface area contributed by atoms with Gasteiger partial charge in [0.1, 0.15) is 5.75 Å². The van der Waals surface area contributed by atoms with Gasteiger partial charge in [-0.25, -0.2) is 0 Å². The van der Waals surface area contributed by atoms with Gasteiger partial charge in [0.15, 0.2) is 0 Å². The molecule has 25 heavy (non-hydrogen) atoms. The number of hydrogen-bond donors (Lipinski definition) is 3. The molecule has 134 valence electrons. The maximum Gasteiger partial charge on any atom is 0.313 e. The van der Waals surface area contributed by atoms with E-state index in [-0.39, 0.29) is 22.9 Å². The Bertz CT molecular complexity index is 665. The molecule has 4 fully saturated rings. The Morgan fingerprint density at radius 2 is 1.60 bits per heavy atom. The van der Waals surface area contributed by atoms with E-state index in [0.29, 0.717) is 0 Å². The average Bonchev–Trinajstić information content (AvgIpc) is 2.55. The highest BCUT2D eigenvalue weighted by Gasteiger charge is 2.53. The van der Waals surface area contributed by atoms with Crippen LogP contribution in [0.2, 0.25) is 0 Å². The van der Waals surface area contributed by atoms with Crippen LogP contribution in [-0.4, -0.2) is 23.0 Å². The van der Waals surface area contributed by atoms with Crippen molar-refractivity contribution in [3.63, 3.8) is 0 Å². The zero-order valence-electron chi connectivity index (χ0n) is 14.6. The van der Waals surface area contributed by atoms with Gasteiger partial charge in [0.25, 0.3) is 0 Å². The van der Waals surface area contributed by atoms with Crippen molar-refractivity contribution >= 4 is 17.5 Å². The quantitative estimate of drug-likeness (QED) is 0.583. The van der Waals surface area contributed by atoms with E-state index in [1.165, 1.54) is 44.6 Å². The Labute approximate surface area is 148 Å². The number of carbonyl (C=O) groups excluding carboxylic acids is 2. The predicted octanol–water partition coefficient (Wildman–Crippen LogP) is 3.05. The smallest absolute Gasteiger partial charge is 0.313 e. The molecule has 5 heteroatoms. The van der Waals surface area contributed by atoms with Gasteiger partial charge >= 0.3 is 11.8 Å². The van der Waals surface area contributed by atoms with Crippen LogP contribution in [0.5, 0.6) is 5.75 Å². The fourth-order valence-corrected chi connectivity index (χ4v) is 5.88. The number of para-hydroxylation sites is 2. The van der Waals surface area contributed by atoms with Gasteiger partial charge in [-0.1, -0.05) is 12.1 Å². The van der Waals surface area contributed by atoms with Crippen molar-refractivity contribution in [1.29, 1.82) is 0 Å². The molecule has 5 rings (SSSR count). The largest absolute Gasteiger partial charge is 0.506 e. The summed E-state index contributed by atoms with van der Waals surface area (Å²) in [4.78, 5) is 24.6. The molecule has 4 aliphatic carbocycles. The maximum absolute atomic E-state index is 12.4. The second kappa shape index (κ2) is 6.04. The molecule has 0 aromatic heterocycles. The lowest BCUT2D eigenvalue weighted by atomic mass is 9.48. The lowest BCUT2D eigenvalue weighted by Gasteiger charge is -2.59. The van der Waals surface area contributed by atoms with E-state index in [9.17, 15) is 14.7 Å². The first-order valence-corrected chi connectivity index (χ1v) is 9.35. The minimum Gasteiger partial charge on any atom is -0.506 e. The lowest BCUT2D eigenvalue weighted by molar-refractivity contribution is -0.138. The molecule has 4 aliphatic rings. The molecule has 1 atom stereocenters. The number of nitrogens with one attached hydrogen (secondary N) is 2. The van der Waals surface area contributed by atoms with Gasteiger partial charge in [-0.3, -0.25) is 9.59 Å². The third kappa shape index (κ3) is 3.00. The van der Waals surface area contributed by atoms with Gasteiger partial charge in [0.2, 0.25) is 0 Å². The van der Waals surface area contributed by atoms with E-state index in [4.69, 9.17) is 0 Å². The molecular formula is C20H26N2O3. The van der Waals surface area contributed by atoms with Crippen molar-refractivity contribution < 1.29 is 14.7 Å². The summed E-state index contributed by atoms with van der Waals surface area (Å²) in [5.74, 6) is 1.03. The number of benzene rings is 1. The molecule has 0 heterocycles. The summed E-state index contributed by atoms with van der Waals surface area (Å²) < 4.78 is 0. The van der Waals surface area contributed by atoms with Crippen LogP contribution in [0.15, 0.2) is 24.3 Å². The molecule has 5 nitrogen and oxygen atoms in total. The Kier molecular flexibility index (Phi) is 3.97. The summed E-state index contributed by atoms with van der Waals surface area (Å²) in [7, 11) is 0. The van der Waals surface area contributed by atoms with Crippen LogP contribution < -0.4 is 10.6 Å². The van der Waals surface area contributed by atoms with Gasteiger partial charge < -0.3 is 15.7 Å². The number of rotatable bonds is 3. The third-order valence-electron chi connectivity index (χ3n) is 6.71. The van der Waals surface area contributed by atoms with Crippen molar-refractivity contribution in [2.24, 2.45) is 23.2 Å². The maximum atomic E-state index is 12.4. The number of hydrogen-bond acceptors (Lipinski definition) is 3. The molecule has 1 aromatic rings. The summed E-state index contributed by atoms with van der Waals surface area (Å²) in [5, 5.41) is 15.2. The average molecular weight is 342 g/mol. The molecule has 4 bridgehead atoms. The number of phenols is 1. The first-order valence-electron chi connectivity index (χ1n) is 9.35. The van der Waals surface area contributed by atoms with Gasteiger partial charge in [-0.05, 0) is 80.8 Å². The summed E-state index contributed by atoms with van der Waals surface area (Å²) in [5.41, 5.74) is 0.421. The van der Waals surface area contributed by atoms with E-state index in [1.54, 1.807) is 18.2 Å². The number of anilines is 1. The highest BCUT2D eigenvalue weighted by atomic mass is 16.3. The summed E-state index contributed by atoms with van der Waals surface area (Å²) in [6.45, 7) is 2.05. The van der Waals surface area contributed by atoms with Gasteiger partial charge in [-0.2, -0.15) is 0 Å². The minimum absolute atomic E-state index is 0.00326. The van der Waals surface area contributed by atoms with E-state index in [0.717, 1.165) is 17.8 Å². The summed E-state index contributed by atoms with van der Waals surface area (Å²) >= 11 is 0. The fraction of sp³-hybridized carbons (Fsp3) is 0.600. The topological polar surface area (TPSA) is 78.4 Å². The molecule has 0 spiro atoms. The zero-order valence-corrected chi connectivity index (χ0v) is 14.6. The second-order valence-corrected chi connectivity index (χ2v) is 8.45. The number of amides is 2. The fourth-order valence-electron chi connectivity index (χ4n) is 5.88. The Balaban J connectivity index is 1.40. The van der Waals surface area contributed by atoms with Crippen molar-refractivity contribution in [3.05, 3.63) is 24.3 Å². The monoisotopic (exact) mass is 342 g/mol. The minimum atomic E-state index is -0.724. The van der Waals surface area contributed by atoms with E-state index in [1.807, 2.05) is 0 Å². The number of phenolic OH excluding ortho intramolecular Hbond substituents is 1. The predicted molar refractivity (Wildman–Crippen MR) is 94.9 cm³/mol. The Hall–Kier alpha value is -2.04. The molecule has 1 aromatic carbocycles. The normalized spacial score (nSPS) is 33.7. The van der Waals surface area contributed by atoms with E-state index >= 15 is 0 Å². The van der Waals surface area contributed by atoms with Crippen LogP contribution in [0.25, 0.3) is 0 Å². The molecule has 3 N–H and O–H groups in total. The molecule has 4 saturated carbocycles. The van der Waals surface area contributed by atoms with Crippen LogP contribution in [0.3, 0.4) is 0 Å². The van der Waals surface area contributed by atoms with E-state index < -0.39 is 11.8 Å². The van der Waals surface area contributed by atoms with Crippen LogP contribution >= 0.6 is 0 Å². The van der Waals surface area contributed by atoms with Crippen molar-refractivity contribution in [1.82, 2.24) is 5.32 Å². The number of aromatic hydroxyl groups is 1. The molecular weight excluding hydrogens is 316 g/mol. The van der Waals surface area contributed by atoms with Crippen molar-refractivity contribution in [3.8, 4) is 5.75 Å². The zero-order chi connectivity index (χ0) is 17.6. The lowest BCUT2D eigenvalue weighted by Crippen LogP contribution is -2.57. The summed E-state index contributed by atoms with van der Waals surface area (Å²) in [6.07, 6.45) is 7.61. The van der Waals surface area contributed by atoms with Crippen LogP contribution in [0, 0.1) is 23.2 Å². The van der Waals surface area contributed by atoms with Gasteiger partial charge in [-0.15, -0.1) is 0 Å². The van der Waals surface area contributed by atoms with E-state index in [2.05, 4.69) is 17.6 Å². The summed E-state index contributed by atoms with van der Waals surface area (Å²) in [6, 6.07) is 6.42. The first kappa shape index (κ1) is 16.4. The third-order valence-corrected chi connectivity index (χ3v) is 6.71. The Morgan fingerprint density at radius 1 is 1.04 bits per heavy atom. The van der Waals surface area contributed by atoms with Crippen LogP contribution in [0.1, 0.15) is 45.4 Å². The Morgan fingerprint density at radius 3 is 2.16 bits per heavy atom. The molecule has 1 unspecified atom stereocenters. The highest BCUT2D eigenvalue weighted by Crippen LogP contribution is 2.61. The molecule has 0 aliphatic heterocycles. The van der Waals surface area contributed by atoms with Crippen molar-refractivity contribution in [2.45, 2.75) is 51.5 Å². The van der Waals surface area contributed by atoms with Gasteiger partial charge in [0.05, 0.1) is 5.69 Å². The van der Waals surface area contributed by atoms with Crippen molar-refractivity contribution in [2.75, 3.05) is 5.32 Å². The standard InChI is InChI=1S/C20H26N2O3/c1-12(20-9-13-6-14(10-20)8-15(7-13)11-20)21-18(24)19(25)22-16-4-2-3-5-17(16)23/h2-5,12-15,23H,6-11H2,1H3,(H,21,24)(H,22,25). The molecule has 0 saturated heterocycles. The second-order valence-electron chi connectivity index (χ2n) is 8.45. The highest BCUT2D eigenvalue weighted by molar-refractivity contribution is 6.39. The first-order chi connectivity index (χ1) is 11.9. The number of carbonyl (C=O) groups is 2. The van der Waals surface area contributed by atoms with Gasteiger partial charge in [0, 0.05) is 6.04 Å². The molecule has 0 radical (unpaired) electrons. The molecule has 2 amide bonds. The van der Waals surface area contributed by atoms with Crippen LogP contribution in [-0.2, 0) is 9.59 Å². The SMILES string of the molecule is CC(NC(=O)C(=O)Nc1ccccc1O)C12CC3CC(CC(C3)C1)C2.